The fourth-order valence-electron chi connectivity index (χ4n) is 2.64. The summed E-state index contributed by atoms with van der Waals surface area (Å²) in [5.74, 6) is 1.73. The van der Waals surface area contributed by atoms with Gasteiger partial charge in [0, 0.05) is 25.5 Å². The van der Waals surface area contributed by atoms with Crippen LogP contribution in [0.15, 0.2) is 42.7 Å². The molecule has 1 aliphatic rings. The summed E-state index contributed by atoms with van der Waals surface area (Å²) < 4.78 is 6.00. The number of benzene rings is 1. The Bertz CT molecular complexity index is 554. The lowest BCUT2D eigenvalue weighted by molar-refractivity contribution is -0.0967. The molecule has 1 saturated heterocycles. The minimum absolute atomic E-state index is 0.247. The third-order valence-electron chi connectivity index (χ3n) is 4.00. The molecule has 2 atom stereocenters. The Kier molecular flexibility index (Phi) is 3.94. The van der Waals surface area contributed by atoms with E-state index in [9.17, 15) is 5.11 Å². The maximum atomic E-state index is 10.6. The number of hydrogen-bond donors (Lipinski definition) is 2. The van der Waals surface area contributed by atoms with Crippen molar-refractivity contribution in [3.8, 4) is 5.75 Å². The Morgan fingerprint density at radius 1 is 1.43 bits per heavy atom. The van der Waals surface area contributed by atoms with Gasteiger partial charge in [-0.15, -0.1) is 0 Å². The normalized spacial score (nSPS) is 26.7. The van der Waals surface area contributed by atoms with E-state index < -0.39 is 5.60 Å². The van der Waals surface area contributed by atoms with E-state index in [0.717, 1.165) is 24.7 Å². The molecule has 3 rings (SSSR count). The molecule has 0 bridgehead atoms. The van der Waals surface area contributed by atoms with E-state index in [1.54, 1.807) is 6.20 Å². The van der Waals surface area contributed by atoms with Gasteiger partial charge in [0.2, 0.25) is 0 Å². The maximum Gasteiger partial charge on any atom is 0.140 e. The second kappa shape index (κ2) is 5.87. The fraction of sp³-hybridized carbons (Fsp3) is 0.438. The minimum Gasteiger partial charge on any atom is -0.486 e. The van der Waals surface area contributed by atoms with E-state index in [1.807, 2.05) is 43.5 Å². The van der Waals surface area contributed by atoms with Crippen LogP contribution < -0.4 is 4.74 Å². The predicted octanol–water partition coefficient (Wildman–Crippen LogP) is 1.81. The molecule has 112 valence electrons. The van der Waals surface area contributed by atoms with Gasteiger partial charge in [-0.2, -0.15) is 0 Å². The molecule has 5 nitrogen and oxygen atoms in total. The van der Waals surface area contributed by atoms with Gasteiger partial charge in [0.1, 0.15) is 23.3 Å². The quantitative estimate of drug-likeness (QED) is 0.900. The largest absolute Gasteiger partial charge is 0.486 e. The summed E-state index contributed by atoms with van der Waals surface area (Å²) in [7, 11) is 0. The topological polar surface area (TPSA) is 61.4 Å². The number of imidazole rings is 1. The number of nitrogens with zero attached hydrogens (tertiary/aromatic N) is 2. The van der Waals surface area contributed by atoms with Crippen molar-refractivity contribution in [3.63, 3.8) is 0 Å². The number of aliphatic hydroxyl groups is 1. The van der Waals surface area contributed by atoms with Gasteiger partial charge >= 0.3 is 0 Å². The van der Waals surface area contributed by atoms with Crippen molar-refractivity contribution in [2.75, 3.05) is 13.1 Å². The number of H-pyrrole nitrogens is 1. The van der Waals surface area contributed by atoms with Gasteiger partial charge in [0.15, 0.2) is 0 Å². The van der Waals surface area contributed by atoms with Crippen molar-refractivity contribution in [1.29, 1.82) is 0 Å². The van der Waals surface area contributed by atoms with Crippen molar-refractivity contribution in [2.24, 2.45) is 0 Å². The number of rotatable bonds is 4. The average Bonchev–Trinajstić information content (AvgIpc) is 2.97. The van der Waals surface area contributed by atoms with Crippen LogP contribution in [0.1, 0.15) is 19.2 Å². The Morgan fingerprint density at radius 3 is 2.95 bits per heavy atom. The molecule has 1 aromatic carbocycles. The average molecular weight is 287 g/mol. The summed E-state index contributed by atoms with van der Waals surface area (Å²) in [5, 5.41) is 10.6. The Labute approximate surface area is 124 Å². The minimum atomic E-state index is -0.810. The van der Waals surface area contributed by atoms with Gasteiger partial charge < -0.3 is 14.8 Å². The SMILES string of the molecule is C[C@]1(O)CCN(Cc2ncc[nH]2)C[C@@H]1Oc1ccccc1. The highest BCUT2D eigenvalue weighted by Crippen LogP contribution is 2.27. The van der Waals surface area contributed by atoms with Gasteiger partial charge in [-0.1, -0.05) is 18.2 Å². The van der Waals surface area contributed by atoms with Crippen molar-refractivity contribution >= 4 is 0 Å². The van der Waals surface area contributed by atoms with Gasteiger partial charge in [-0.3, -0.25) is 4.90 Å². The third kappa shape index (κ3) is 3.43. The highest BCUT2D eigenvalue weighted by atomic mass is 16.5. The first-order valence-electron chi connectivity index (χ1n) is 7.28. The molecule has 21 heavy (non-hydrogen) atoms. The zero-order valence-electron chi connectivity index (χ0n) is 12.2. The molecule has 0 unspecified atom stereocenters. The Morgan fingerprint density at radius 2 is 2.24 bits per heavy atom. The van der Waals surface area contributed by atoms with Crippen LogP contribution in [0.5, 0.6) is 5.75 Å². The second-order valence-corrected chi connectivity index (χ2v) is 5.80. The standard InChI is InChI=1S/C16H21N3O2/c1-16(20)7-10-19(12-15-17-8-9-18-15)11-14(16)21-13-5-3-2-4-6-13/h2-6,8-9,14,20H,7,10-12H2,1H3,(H,17,18)/t14-,16-/m0/s1. The van der Waals surface area contributed by atoms with E-state index in [-0.39, 0.29) is 6.10 Å². The van der Waals surface area contributed by atoms with Crippen LogP contribution in [-0.2, 0) is 6.54 Å². The smallest absolute Gasteiger partial charge is 0.140 e. The molecule has 5 heteroatoms. The predicted molar refractivity (Wildman–Crippen MR) is 80.0 cm³/mol. The van der Waals surface area contributed by atoms with Crippen LogP contribution in [0.2, 0.25) is 0 Å². The molecule has 1 fully saturated rings. The number of hydrogen-bond acceptors (Lipinski definition) is 4. The van der Waals surface area contributed by atoms with Crippen LogP contribution in [0.3, 0.4) is 0 Å². The number of nitrogens with one attached hydrogen (secondary N) is 1. The molecular weight excluding hydrogens is 266 g/mol. The van der Waals surface area contributed by atoms with Crippen molar-refractivity contribution < 1.29 is 9.84 Å². The number of likely N-dealkylation sites (tertiary alicyclic amines) is 1. The third-order valence-corrected chi connectivity index (χ3v) is 4.00. The van der Waals surface area contributed by atoms with Crippen molar-refractivity contribution in [1.82, 2.24) is 14.9 Å². The molecule has 0 radical (unpaired) electrons. The summed E-state index contributed by atoms with van der Waals surface area (Å²) in [6, 6.07) is 9.67. The van der Waals surface area contributed by atoms with E-state index in [0.29, 0.717) is 13.0 Å². The molecule has 1 aliphatic heterocycles. The number of aromatic nitrogens is 2. The summed E-state index contributed by atoms with van der Waals surface area (Å²) >= 11 is 0. The van der Waals surface area contributed by atoms with E-state index in [1.165, 1.54) is 0 Å². The van der Waals surface area contributed by atoms with Crippen LogP contribution in [0.25, 0.3) is 0 Å². The molecule has 0 aliphatic carbocycles. The molecule has 2 aromatic rings. The number of aromatic amines is 1. The molecule has 0 amide bonds. The van der Waals surface area contributed by atoms with Crippen LogP contribution in [0.4, 0.5) is 0 Å². The van der Waals surface area contributed by atoms with Crippen LogP contribution >= 0.6 is 0 Å². The van der Waals surface area contributed by atoms with Gasteiger partial charge in [0.25, 0.3) is 0 Å². The number of para-hydroxylation sites is 1. The second-order valence-electron chi connectivity index (χ2n) is 5.80. The van der Waals surface area contributed by atoms with Crippen LogP contribution in [-0.4, -0.2) is 44.8 Å². The number of piperidine rings is 1. The Balaban J connectivity index is 1.67. The summed E-state index contributed by atoms with van der Waals surface area (Å²) in [5.41, 5.74) is -0.810. The van der Waals surface area contributed by atoms with E-state index in [4.69, 9.17) is 4.74 Å². The van der Waals surface area contributed by atoms with E-state index in [2.05, 4.69) is 14.9 Å². The summed E-state index contributed by atoms with van der Waals surface area (Å²) in [6.07, 6.45) is 4.02. The highest BCUT2D eigenvalue weighted by Gasteiger charge is 2.39. The summed E-state index contributed by atoms with van der Waals surface area (Å²) in [6.45, 7) is 4.12. The van der Waals surface area contributed by atoms with Gasteiger partial charge in [-0.25, -0.2) is 4.98 Å². The maximum absolute atomic E-state index is 10.6. The van der Waals surface area contributed by atoms with E-state index >= 15 is 0 Å². The zero-order chi connectivity index (χ0) is 14.7. The molecule has 2 heterocycles. The first-order valence-corrected chi connectivity index (χ1v) is 7.28. The molecule has 1 aromatic heterocycles. The lowest BCUT2D eigenvalue weighted by atomic mass is 9.90. The number of ether oxygens (including phenoxy) is 1. The van der Waals surface area contributed by atoms with Crippen molar-refractivity contribution in [3.05, 3.63) is 48.5 Å². The zero-order valence-corrected chi connectivity index (χ0v) is 12.2. The first-order chi connectivity index (χ1) is 10.1. The highest BCUT2D eigenvalue weighted by molar-refractivity contribution is 5.22. The fourth-order valence-corrected chi connectivity index (χ4v) is 2.64. The molecular formula is C16H21N3O2. The lowest BCUT2D eigenvalue weighted by Gasteiger charge is -2.42. The van der Waals surface area contributed by atoms with Gasteiger partial charge in [-0.05, 0) is 25.5 Å². The van der Waals surface area contributed by atoms with Crippen LogP contribution in [0, 0.1) is 0 Å². The van der Waals surface area contributed by atoms with Crippen molar-refractivity contribution in [2.45, 2.75) is 31.6 Å². The lowest BCUT2D eigenvalue weighted by Crippen LogP contribution is -2.56. The monoisotopic (exact) mass is 287 g/mol. The Hall–Kier alpha value is -1.85. The molecule has 0 spiro atoms. The molecule has 0 saturated carbocycles. The summed E-state index contributed by atoms with van der Waals surface area (Å²) in [4.78, 5) is 9.62. The first kappa shape index (κ1) is 14.1. The molecule has 2 N–H and O–H groups in total. The van der Waals surface area contributed by atoms with Gasteiger partial charge in [0.05, 0.1) is 6.54 Å².